The van der Waals surface area contributed by atoms with Crippen molar-refractivity contribution in [2.75, 3.05) is 25.6 Å². The molecule has 0 saturated heterocycles. The number of ether oxygens (including phenoxy) is 1. The van der Waals surface area contributed by atoms with E-state index in [0.717, 1.165) is 30.3 Å². The van der Waals surface area contributed by atoms with Gasteiger partial charge >= 0.3 is 0 Å². The van der Waals surface area contributed by atoms with Crippen molar-refractivity contribution in [3.05, 3.63) is 10.6 Å². The molecule has 0 saturated carbocycles. The third-order valence-electron chi connectivity index (χ3n) is 3.51. The summed E-state index contributed by atoms with van der Waals surface area (Å²) in [5, 5.41) is 4.36. The van der Waals surface area contributed by atoms with Gasteiger partial charge in [0.05, 0.1) is 12.3 Å². The van der Waals surface area contributed by atoms with Crippen LogP contribution in [0.3, 0.4) is 0 Å². The maximum Gasteiger partial charge on any atom is 0.186 e. The maximum absolute atomic E-state index is 5.27. The number of nitrogens with one attached hydrogen (secondary N) is 1. The van der Waals surface area contributed by atoms with Crippen LogP contribution in [0.15, 0.2) is 0 Å². The third-order valence-corrected chi connectivity index (χ3v) is 4.64. The molecule has 1 unspecified atom stereocenters. The lowest BCUT2D eigenvalue weighted by Gasteiger charge is -2.28. The first-order valence-corrected chi connectivity index (χ1v) is 8.38. The lowest BCUT2D eigenvalue weighted by Crippen LogP contribution is -2.33. The molecule has 0 aliphatic carbocycles. The number of methoxy groups -OCH3 is 1. The third kappa shape index (κ3) is 4.72. The molecule has 0 aromatic carbocycles. The first-order valence-electron chi connectivity index (χ1n) is 7.56. The topological polar surface area (TPSA) is 37.4 Å². The molecule has 1 aromatic heterocycles. The summed E-state index contributed by atoms with van der Waals surface area (Å²) < 4.78 is 5.27. The number of rotatable bonds is 10. The van der Waals surface area contributed by atoms with E-state index in [0.29, 0.717) is 12.6 Å². The van der Waals surface area contributed by atoms with E-state index in [1.165, 1.54) is 17.7 Å². The van der Waals surface area contributed by atoms with Gasteiger partial charge in [0.2, 0.25) is 0 Å². The predicted molar refractivity (Wildman–Crippen MR) is 87.6 cm³/mol. The second-order valence-corrected chi connectivity index (χ2v) is 6.20. The monoisotopic (exact) mass is 299 g/mol. The van der Waals surface area contributed by atoms with Crippen LogP contribution in [-0.4, -0.2) is 31.7 Å². The average Bonchev–Trinajstić information content (AvgIpc) is 2.83. The number of hydrogen-bond acceptors (Lipinski definition) is 5. The number of aromatic nitrogens is 1. The molecule has 0 radical (unpaired) electrons. The summed E-state index contributed by atoms with van der Waals surface area (Å²) >= 11 is 1.80. The highest BCUT2D eigenvalue weighted by Gasteiger charge is 2.19. The van der Waals surface area contributed by atoms with Crippen molar-refractivity contribution < 1.29 is 4.74 Å². The van der Waals surface area contributed by atoms with E-state index >= 15 is 0 Å². The second kappa shape index (κ2) is 9.32. The number of unbranched alkanes of at least 4 members (excludes halogenated alkanes) is 1. The molecule has 20 heavy (non-hydrogen) atoms. The molecule has 0 bridgehead atoms. The van der Waals surface area contributed by atoms with Crippen LogP contribution < -0.4 is 10.2 Å². The van der Waals surface area contributed by atoms with Crippen LogP contribution in [0.4, 0.5) is 5.13 Å². The first-order chi connectivity index (χ1) is 9.67. The van der Waals surface area contributed by atoms with Gasteiger partial charge in [-0.15, -0.1) is 11.3 Å². The van der Waals surface area contributed by atoms with Gasteiger partial charge in [0.15, 0.2) is 5.13 Å². The van der Waals surface area contributed by atoms with Gasteiger partial charge in [0.25, 0.3) is 0 Å². The Morgan fingerprint density at radius 1 is 1.40 bits per heavy atom. The zero-order valence-electron chi connectivity index (χ0n) is 13.5. The first kappa shape index (κ1) is 17.4. The highest BCUT2D eigenvalue weighted by molar-refractivity contribution is 7.15. The Balaban J connectivity index is 2.96. The fourth-order valence-corrected chi connectivity index (χ4v) is 3.30. The molecule has 4 nitrogen and oxygen atoms in total. The van der Waals surface area contributed by atoms with Crippen LogP contribution in [0.25, 0.3) is 0 Å². The van der Waals surface area contributed by atoms with Crippen LogP contribution in [0.5, 0.6) is 0 Å². The van der Waals surface area contributed by atoms with E-state index in [1.54, 1.807) is 18.4 Å². The molecule has 0 spiro atoms. The number of anilines is 1. The Labute approximate surface area is 127 Å². The molecule has 0 aliphatic heterocycles. The van der Waals surface area contributed by atoms with E-state index < -0.39 is 0 Å². The molecule has 1 atom stereocenters. The molecule has 1 aromatic rings. The van der Waals surface area contributed by atoms with E-state index in [4.69, 9.17) is 9.72 Å². The van der Waals surface area contributed by atoms with Gasteiger partial charge in [-0.1, -0.05) is 20.3 Å². The largest absolute Gasteiger partial charge is 0.378 e. The zero-order valence-corrected chi connectivity index (χ0v) is 14.3. The highest BCUT2D eigenvalue weighted by atomic mass is 32.1. The molecule has 1 heterocycles. The summed E-state index contributed by atoms with van der Waals surface area (Å²) in [6.45, 7) is 9.30. The summed E-state index contributed by atoms with van der Waals surface area (Å²) in [4.78, 5) is 8.56. The van der Waals surface area contributed by atoms with E-state index in [2.05, 4.69) is 31.0 Å². The molecular formula is C15H29N3OS. The van der Waals surface area contributed by atoms with Crippen LogP contribution in [-0.2, 0) is 17.9 Å². The average molecular weight is 299 g/mol. The number of thiazole rings is 1. The molecule has 0 amide bonds. The van der Waals surface area contributed by atoms with Crippen LogP contribution >= 0.6 is 11.3 Å². The Bertz CT molecular complexity index is 358. The van der Waals surface area contributed by atoms with Gasteiger partial charge in [-0.2, -0.15) is 0 Å². The fraction of sp³-hybridized carbons (Fsp3) is 0.800. The highest BCUT2D eigenvalue weighted by Crippen LogP contribution is 2.29. The lowest BCUT2D eigenvalue weighted by molar-refractivity contribution is 0.181. The molecule has 1 rings (SSSR count). The zero-order chi connectivity index (χ0) is 15.0. The van der Waals surface area contributed by atoms with Gasteiger partial charge in [0.1, 0.15) is 0 Å². The minimum absolute atomic E-state index is 0.533. The van der Waals surface area contributed by atoms with Gasteiger partial charge in [-0.25, -0.2) is 4.98 Å². The van der Waals surface area contributed by atoms with Crippen LogP contribution in [0.2, 0.25) is 0 Å². The van der Waals surface area contributed by atoms with Crippen molar-refractivity contribution in [3.63, 3.8) is 0 Å². The van der Waals surface area contributed by atoms with Gasteiger partial charge in [0, 0.05) is 31.1 Å². The van der Waals surface area contributed by atoms with Crippen molar-refractivity contribution in [1.29, 1.82) is 0 Å². The molecule has 0 fully saturated rings. The van der Waals surface area contributed by atoms with Gasteiger partial charge in [-0.05, 0) is 26.8 Å². The quantitative estimate of drug-likeness (QED) is 0.718. The molecule has 5 heteroatoms. The Morgan fingerprint density at radius 2 is 2.15 bits per heavy atom. The van der Waals surface area contributed by atoms with E-state index in [9.17, 15) is 0 Å². The maximum atomic E-state index is 5.27. The summed E-state index contributed by atoms with van der Waals surface area (Å²) in [5.41, 5.74) is 1.08. The van der Waals surface area contributed by atoms with Gasteiger partial charge in [-0.3, -0.25) is 0 Å². The van der Waals surface area contributed by atoms with Crippen LogP contribution in [0, 0.1) is 0 Å². The Hall–Kier alpha value is -0.650. The normalized spacial score (nSPS) is 12.7. The summed E-state index contributed by atoms with van der Waals surface area (Å²) in [6, 6.07) is 0.533. The van der Waals surface area contributed by atoms with Crippen molar-refractivity contribution in [1.82, 2.24) is 10.3 Å². The summed E-state index contributed by atoms with van der Waals surface area (Å²) in [6.07, 6.45) is 3.57. The minimum Gasteiger partial charge on any atom is -0.378 e. The summed E-state index contributed by atoms with van der Waals surface area (Å²) in [7, 11) is 3.70. The van der Waals surface area contributed by atoms with Crippen molar-refractivity contribution in [2.24, 2.45) is 0 Å². The number of hydrogen-bond donors (Lipinski definition) is 1. The lowest BCUT2D eigenvalue weighted by atomic mass is 10.2. The Kier molecular flexibility index (Phi) is 8.11. The van der Waals surface area contributed by atoms with Crippen molar-refractivity contribution >= 4 is 16.5 Å². The van der Waals surface area contributed by atoms with Crippen molar-refractivity contribution in [3.8, 4) is 0 Å². The SMILES string of the molecule is CCCCN(c1nc(COC)c(CNC)s1)C(C)CC. The number of nitrogens with zero attached hydrogens (tertiary/aromatic N) is 2. The van der Waals surface area contributed by atoms with E-state index in [1.807, 2.05) is 7.05 Å². The Morgan fingerprint density at radius 3 is 2.70 bits per heavy atom. The van der Waals surface area contributed by atoms with E-state index in [-0.39, 0.29) is 0 Å². The smallest absolute Gasteiger partial charge is 0.186 e. The van der Waals surface area contributed by atoms with Gasteiger partial charge < -0.3 is 15.0 Å². The molecule has 116 valence electrons. The minimum atomic E-state index is 0.533. The molecule has 0 aliphatic rings. The predicted octanol–water partition coefficient (Wildman–Crippen LogP) is 3.41. The summed E-state index contributed by atoms with van der Waals surface area (Å²) in [5.74, 6) is 0. The second-order valence-electron chi connectivity index (χ2n) is 5.13. The standard InChI is InChI=1S/C15H29N3OS/c1-6-8-9-18(12(3)7-2)15-17-13(11-19-5)14(20-15)10-16-4/h12,16H,6-11H2,1-5H3. The van der Waals surface area contributed by atoms with Crippen molar-refractivity contribution in [2.45, 2.75) is 59.2 Å². The van der Waals surface area contributed by atoms with Crippen LogP contribution in [0.1, 0.15) is 50.6 Å². The molecule has 1 N–H and O–H groups in total. The fourth-order valence-electron chi connectivity index (χ4n) is 2.09. The molecular weight excluding hydrogens is 270 g/mol.